The average molecular weight is 415 g/mol. The molecule has 0 saturated carbocycles. The summed E-state index contributed by atoms with van der Waals surface area (Å²) in [6.45, 7) is 10.1. The molecule has 0 radical (unpaired) electrons. The maximum absolute atomic E-state index is 5.50. The van der Waals surface area contributed by atoms with Crippen LogP contribution in [0.4, 0.5) is 5.82 Å². The van der Waals surface area contributed by atoms with E-state index in [2.05, 4.69) is 57.3 Å². The molecule has 1 saturated heterocycles. The molecule has 158 valence electrons. The second kappa shape index (κ2) is 8.00. The molecule has 31 heavy (non-hydrogen) atoms. The normalized spacial score (nSPS) is 17.2. The molecule has 0 N–H and O–H groups in total. The molecule has 3 aromatic rings. The second-order valence-corrected chi connectivity index (χ2v) is 7.98. The Labute approximate surface area is 182 Å². The van der Waals surface area contributed by atoms with Crippen LogP contribution in [0.5, 0.6) is 0 Å². The van der Waals surface area contributed by atoms with Crippen LogP contribution in [0, 0.1) is 0 Å². The molecule has 0 bridgehead atoms. The summed E-state index contributed by atoms with van der Waals surface area (Å²) in [4.78, 5) is 18.3. The minimum Gasteiger partial charge on any atom is -0.378 e. The smallest absolute Gasteiger partial charge is 0.143 e. The Morgan fingerprint density at radius 3 is 2.77 bits per heavy atom. The third kappa shape index (κ3) is 3.72. The van der Waals surface area contributed by atoms with E-state index in [1.807, 2.05) is 25.5 Å². The minimum absolute atomic E-state index is 0.682. The van der Waals surface area contributed by atoms with Gasteiger partial charge in [-0.2, -0.15) is 0 Å². The number of anilines is 1. The molecule has 7 nitrogen and oxygen atoms in total. The summed E-state index contributed by atoms with van der Waals surface area (Å²) >= 11 is 0. The van der Waals surface area contributed by atoms with Crippen LogP contribution in [0.1, 0.15) is 18.3 Å². The zero-order valence-corrected chi connectivity index (χ0v) is 18.0. The number of likely N-dealkylation sites (N-methyl/N-ethyl adjacent to an activating group) is 1. The van der Waals surface area contributed by atoms with E-state index in [9.17, 15) is 0 Å². The first-order chi connectivity index (χ1) is 15.1. The number of nitrogens with zero attached hydrogens (tertiary/aromatic N) is 6. The lowest BCUT2D eigenvalue weighted by Crippen LogP contribution is -2.36. The third-order valence-corrected chi connectivity index (χ3v) is 5.86. The van der Waals surface area contributed by atoms with Crippen LogP contribution < -0.4 is 4.90 Å². The van der Waals surface area contributed by atoms with Crippen molar-refractivity contribution in [1.82, 2.24) is 24.4 Å². The molecule has 2 aliphatic rings. The highest BCUT2D eigenvalue weighted by atomic mass is 16.5. The summed E-state index contributed by atoms with van der Waals surface area (Å²) in [6.07, 6.45) is 9.83. The van der Waals surface area contributed by atoms with E-state index in [4.69, 9.17) is 14.7 Å². The zero-order valence-electron chi connectivity index (χ0n) is 18.0. The van der Waals surface area contributed by atoms with Crippen LogP contribution in [-0.4, -0.2) is 57.8 Å². The zero-order chi connectivity index (χ0) is 21.4. The van der Waals surface area contributed by atoms with E-state index in [1.165, 1.54) is 0 Å². The third-order valence-electron chi connectivity index (χ3n) is 5.86. The molecular formula is C24H26N6O. The minimum atomic E-state index is 0.682. The van der Waals surface area contributed by atoms with E-state index in [1.54, 1.807) is 6.20 Å². The summed E-state index contributed by atoms with van der Waals surface area (Å²) in [6, 6.07) is 6.21. The number of ether oxygens (including phenoxy) is 1. The van der Waals surface area contributed by atoms with Crippen LogP contribution in [0.25, 0.3) is 16.6 Å². The Kier molecular flexibility index (Phi) is 5.03. The average Bonchev–Trinajstić information content (AvgIpc) is 3.16. The number of imidazole rings is 1. The summed E-state index contributed by atoms with van der Waals surface area (Å²) in [5.74, 6) is 1.88. The van der Waals surface area contributed by atoms with Gasteiger partial charge in [0.25, 0.3) is 0 Å². The van der Waals surface area contributed by atoms with Crippen molar-refractivity contribution in [2.75, 3.05) is 38.3 Å². The van der Waals surface area contributed by atoms with Crippen LogP contribution >= 0.6 is 0 Å². The van der Waals surface area contributed by atoms with Crippen molar-refractivity contribution in [3.05, 3.63) is 78.3 Å². The van der Waals surface area contributed by atoms with Gasteiger partial charge in [0, 0.05) is 56.1 Å². The standard InChI is InChI=1S/C24H26N6O/c1-17-11-20(16-28(3)18(17)2)24-27-21-14-26-23(29-7-9-31-10-8-29)12-22(21)30(24)15-19-5-4-6-25-13-19/h4-6,11-14,16H,2,7-10,15H2,1,3H3. The highest BCUT2D eigenvalue weighted by Gasteiger charge is 2.20. The number of allylic oxidation sites excluding steroid dienone is 3. The van der Waals surface area contributed by atoms with Crippen molar-refractivity contribution < 1.29 is 4.74 Å². The highest BCUT2D eigenvalue weighted by Crippen LogP contribution is 2.31. The molecule has 3 aromatic heterocycles. The van der Waals surface area contributed by atoms with Gasteiger partial charge < -0.3 is 19.1 Å². The summed E-state index contributed by atoms with van der Waals surface area (Å²) < 4.78 is 7.76. The molecule has 7 heteroatoms. The van der Waals surface area contributed by atoms with Crippen molar-refractivity contribution in [2.45, 2.75) is 13.5 Å². The van der Waals surface area contributed by atoms with Crippen LogP contribution in [0.3, 0.4) is 0 Å². The van der Waals surface area contributed by atoms with Crippen LogP contribution in [0.2, 0.25) is 0 Å². The molecule has 0 spiro atoms. The number of fused-ring (bicyclic) bond motifs is 1. The van der Waals surface area contributed by atoms with Gasteiger partial charge >= 0.3 is 0 Å². The number of pyridine rings is 2. The molecule has 5 heterocycles. The Hall–Kier alpha value is -3.45. The summed E-state index contributed by atoms with van der Waals surface area (Å²) in [5.41, 5.74) is 6.26. The maximum atomic E-state index is 5.50. The number of aromatic nitrogens is 4. The van der Waals surface area contributed by atoms with Gasteiger partial charge in [-0.15, -0.1) is 0 Å². The predicted octanol–water partition coefficient (Wildman–Crippen LogP) is 3.46. The van der Waals surface area contributed by atoms with Crippen LogP contribution in [0.15, 0.2) is 66.9 Å². The molecule has 2 aliphatic heterocycles. The van der Waals surface area contributed by atoms with Crippen molar-refractivity contribution in [2.24, 2.45) is 0 Å². The largest absolute Gasteiger partial charge is 0.378 e. The van der Waals surface area contributed by atoms with Gasteiger partial charge in [-0.3, -0.25) is 4.98 Å². The molecule has 0 aromatic carbocycles. The quantitative estimate of drug-likeness (QED) is 0.652. The Morgan fingerprint density at radius 1 is 1.19 bits per heavy atom. The SMILES string of the molecule is C=C1C(C)=CC(c2nc3cnc(N4CCOCC4)cc3n2Cc2cccnc2)=CN1C. The van der Waals surface area contributed by atoms with Gasteiger partial charge in [0.1, 0.15) is 17.2 Å². The molecular weight excluding hydrogens is 388 g/mol. The molecule has 1 fully saturated rings. The van der Waals surface area contributed by atoms with Crippen LogP contribution in [-0.2, 0) is 11.3 Å². The lowest BCUT2D eigenvalue weighted by atomic mass is 10.1. The first-order valence-electron chi connectivity index (χ1n) is 10.5. The number of morpholine rings is 1. The number of rotatable bonds is 4. The number of hydrogen-bond acceptors (Lipinski definition) is 6. The van der Waals surface area contributed by atoms with Gasteiger partial charge in [0.2, 0.25) is 0 Å². The van der Waals surface area contributed by atoms with Gasteiger partial charge in [0.15, 0.2) is 0 Å². The Bertz CT molecular complexity index is 1190. The Morgan fingerprint density at radius 2 is 2.03 bits per heavy atom. The molecule has 5 rings (SSSR count). The van der Waals surface area contributed by atoms with Gasteiger partial charge in [-0.25, -0.2) is 9.97 Å². The summed E-state index contributed by atoms with van der Waals surface area (Å²) in [7, 11) is 2.02. The fourth-order valence-corrected chi connectivity index (χ4v) is 4.08. The molecule has 0 atom stereocenters. The Balaban J connectivity index is 1.64. The van der Waals surface area contributed by atoms with E-state index in [0.717, 1.165) is 71.4 Å². The van der Waals surface area contributed by atoms with Gasteiger partial charge in [-0.1, -0.05) is 12.6 Å². The molecule has 0 unspecified atom stereocenters. The van der Waals surface area contributed by atoms with Crippen molar-refractivity contribution in [1.29, 1.82) is 0 Å². The lowest BCUT2D eigenvalue weighted by molar-refractivity contribution is 0.122. The van der Waals surface area contributed by atoms with Crippen molar-refractivity contribution in [3.8, 4) is 0 Å². The van der Waals surface area contributed by atoms with Gasteiger partial charge in [-0.05, 0) is 30.2 Å². The number of hydrogen-bond donors (Lipinski definition) is 0. The topological polar surface area (TPSA) is 59.3 Å². The molecule has 0 amide bonds. The second-order valence-electron chi connectivity index (χ2n) is 7.98. The van der Waals surface area contributed by atoms with Crippen molar-refractivity contribution in [3.63, 3.8) is 0 Å². The fraction of sp³-hybridized carbons (Fsp3) is 0.292. The maximum Gasteiger partial charge on any atom is 0.143 e. The monoisotopic (exact) mass is 414 g/mol. The molecule has 0 aliphatic carbocycles. The van der Waals surface area contributed by atoms with E-state index in [-0.39, 0.29) is 0 Å². The van der Waals surface area contributed by atoms with Gasteiger partial charge in [0.05, 0.1) is 31.5 Å². The van der Waals surface area contributed by atoms with E-state index < -0.39 is 0 Å². The first-order valence-corrected chi connectivity index (χ1v) is 10.5. The predicted molar refractivity (Wildman–Crippen MR) is 123 cm³/mol. The summed E-state index contributed by atoms with van der Waals surface area (Å²) in [5, 5.41) is 0. The van der Waals surface area contributed by atoms with E-state index >= 15 is 0 Å². The highest BCUT2D eigenvalue weighted by molar-refractivity contribution is 5.84. The van der Waals surface area contributed by atoms with Crippen molar-refractivity contribution >= 4 is 22.4 Å². The van der Waals surface area contributed by atoms with E-state index in [0.29, 0.717) is 6.54 Å². The lowest BCUT2D eigenvalue weighted by Gasteiger charge is -2.27. The fourth-order valence-electron chi connectivity index (χ4n) is 4.08. The first kappa shape index (κ1) is 19.5.